The number of allylic oxidation sites excluding steroid dienone is 1. The van der Waals surface area contributed by atoms with Gasteiger partial charge in [-0.05, 0) is 74.1 Å². The van der Waals surface area contributed by atoms with Gasteiger partial charge in [0.15, 0.2) is 0 Å². The highest BCUT2D eigenvalue weighted by Crippen LogP contribution is 2.38. The molecule has 2 heterocycles. The Morgan fingerprint density at radius 2 is 2.00 bits per heavy atom. The molecule has 5 rings (SSSR count). The Morgan fingerprint density at radius 1 is 1.17 bits per heavy atom. The Labute approximate surface area is 176 Å². The minimum absolute atomic E-state index is 0.216. The van der Waals surface area contributed by atoms with Gasteiger partial charge in [0.25, 0.3) is 0 Å². The van der Waals surface area contributed by atoms with Crippen LogP contribution in [0.15, 0.2) is 23.3 Å². The summed E-state index contributed by atoms with van der Waals surface area (Å²) in [6.45, 7) is 0.860. The maximum Gasteiger partial charge on any atom is 0.0827 e. The van der Waals surface area contributed by atoms with E-state index in [4.69, 9.17) is 31.6 Å². The van der Waals surface area contributed by atoms with Crippen molar-refractivity contribution in [3.8, 4) is 0 Å². The molecule has 1 unspecified atom stereocenters. The summed E-state index contributed by atoms with van der Waals surface area (Å²) in [4.78, 5) is 9.89. The van der Waals surface area contributed by atoms with Crippen molar-refractivity contribution in [2.45, 2.75) is 57.1 Å². The molecular weight excluding hydrogens is 374 g/mol. The lowest BCUT2D eigenvalue weighted by molar-refractivity contribution is 0.0908. The van der Waals surface area contributed by atoms with E-state index in [0.717, 1.165) is 72.9 Å². The van der Waals surface area contributed by atoms with Gasteiger partial charge in [-0.2, -0.15) is 0 Å². The molecule has 0 amide bonds. The maximum absolute atomic E-state index is 7.88. The van der Waals surface area contributed by atoms with E-state index in [-0.39, 0.29) is 12.1 Å². The maximum atomic E-state index is 7.88. The highest BCUT2D eigenvalue weighted by molar-refractivity contribution is 6.11. The number of pyridine rings is 1. The van der Waals surface area contributed by atoms with Crippen molar-refractivity contribution in [1.82, 2.24) is 4.98 Å². The van der Waals surface area contributed by atoms with Gasteiger partial charge >= 0.3 is 0 Å². The number of fused-ring (bicyclic) bond motifs is 4. The lowest BCUT2D eigenvalue weighted by atomic mass is 9.85. The molecule has 2 fully saturated rings. The van der Waals surface area contributed by atoms with Gasteiger partial charge in [0.1, 0.15) is 0 Å². The number of benzene rings is 1. The summed E-state index contributed by atoms with van der Waals surface area (Å²) in [5, 5.41) is 8.90. The summed E-state index contributed by atoms with van der Waals surface area (Å²) in [5.41, 5.74) is 18.8. The van der Waals surface area contributed by atoms with Crippen LogP contribution in [0.4, 0.5) is 5.69 Å². The molecule has 0 spiro atoms. The number of nitrogens with one attached hydrogen (secondary N) is 1. The van der Waals surface area contributed by atoms with E-state index in [9.17, 15) is 0 Å². The molecule has 0 bridgehead atoms. The fraction of sp³-hybridized carbons (Fsp3) is 0.458. The van der Waals surface area contributed by atoms with Crippen LogP contribution in [0.2, 0.25) is 0 Å². The summed E-state index contributed by atoms with van der Waals surface area (Å²) in [6.07, 6.45) is 12.8. The van der Waals surface area contributed by atoms with E-state index in [1.54, 1.807) is 6.20 Å². The van der Waals surface area contributed by atoms with E-state index in [1.165, 1.54) is 23.8 Å². The SMILES string of the molecule is N=Cc1c(N)ccc2nc(/C(C=N[C@@H]3CCC4CCO[C@H]43)=C/N)c3c(c12)CCCC3. The number of aryl methyl sites for hydroxylation is 1. The predicted molar refractivity (Wildman–Crippen MR) is 122 cm³/mol. The van der Waals surface area contributed by atoms with Gasteiger partial charge in [0.05, 0.1) is 23.4 Å². The summed E-state index contributed by atoms with van der Waals surface area (Å²) in [6, 6.07) is 4.01. The molecule has 0 radical (unpaired) electrons. The average Bonchev–Trinajstić information content (AvgIpc) is 3.39. The molecule has 3 atom stereocenters. The number of hydrogen-bond donors (Lipinski definition) is 3. The molecule has 2 aromatic rings. The Kier molecular flexibility index (Phi) is 5.03. The van der Waals surface area contributed by atoms with Crippen LogP contribution in [0, 0.1) is 11.3 Å². The Morgan fingerprint density at radius 3 is 2.80 bits per heavy atom. The fourth-order valence-corrected chi connectivity index (χ4v) is 5.52. The quantitative estimate of drug-likeness (QED) is 0.535. The monoisotopic (exact) mass is 403 g/mol. The zero-order chi connectivity index (χ0) is 20.7. The van der Waals surface area contributed by atoms with Gasteiger partial charge in [0, 0.05) is 47.4 Å². The second-order valence-corrected chi connectivity index (χ2v) is 8.66. The van der Waals surface area contributed by atoms with E-state index in [0.29, 0.717) is 11.6 Å². The first-order valence-corrected chi connectivity index (χ1v) is 11.0. The number of nitrogens with two attached hydrogens (primary N) is 2. The fourth-order valence-electron chi connectivity index (χ4n) is 5.52. The van der Waals surface area contributed by atoms with Gasteiger partial charge < -0.3 is 21.6 Å². The van der Waals surface area contributed by atoms with Crippen molar-refractivity contribution >= 4 is 34.6 Å². The number of ether oxygens (including phenoxy) is 1. The molecule has 156 valence electrons. The number of nitrogens with zero attached hydrogens (tertiary/aromatic N) is 2. The van der Waals surface area contributed by atoms with Gasteiger partial charge in [0.2, 0.25) is 0 Å². The first kappa shape index (κ1) is 19.2. The molecule has 1 aliphatic heterocycles. The van der Waals surface area contributed by atoms with E-state index in [1.807, 2.05) is 18.3 Å². The van der Waals surface area contributed by atoms with Crippen molar-refractivity contribution in [3.05, 3.63) is 40.7 Å². The lowest BCUT2D eigenvalue weighted by Gasteiger charge is -2.23. The molecule has 1 aromatic heterocycles. The van der Waals surface area contributed by atoms with Crippen LogP contribution in [0.25, 0.3) is 16.5 Å². The number of nitrogen functional groups attached to an aromatic ring is 1. The Balaban J connectivity index is 1.58. The number of aliphatic imine (C=N–C) groups is 1. The summed E-state index contributed by atoms with van der Waals surface area (Å²) >= 11 is 0. The van der Waals surface area contributed by atoms with Gasteiger partial charge in [-0.3, -0.25) is 4.99 Å². The number of anilines is 1. The van der Waals surface area contributed by atoms with E-state index >= 15 is 0 Å². The average molecular weight is 404 g/mol. The van der Waals surface area contributed by atoms with Crippen molar-refractivity contribution in [1.29, 1.82) is 5.41 Å². The highest BCUT2D eigenvalue weighted by Gasteiger charge is 2.40. The van der Waals surface area contributed by atoms with Crippen molar-refractivity contribution in [2.24, 2.45) is 16.6 Å². The second kappa shape index (κ2) is 7.84. The van der Waals surface area contributed by atoms with Crippen LogP contribution in [-0.2, 0) is 17.6 Å². The number of rotatable bonds is 4. The van der Waals surface area contributed by atoms with Crippen LogP contribution < -0.4 is 11.5 Å². The zero-order valence-electron chi connectivity index (χ0n) is 17.2. The van der Waals surface area contributed by atoms with Crippen LogP contribution in [0.5, 0.6) is 0 Å². The molecule has 6 heteroatoms. The Bertz CT molecular complexity index is 1060. The largest absolute Gasteiger partial charge is 0.404 e. The first-order valence-electron chi connectivity index (χ1n) is 11.0. The standard InChI is InChI=1S/C24H29N5O/c25-11-15(13-28-21-7-5-14-9-10-30-24(14)21)23-17-4-2-1-3-16(17)22-18(12-26)19(27)6-8-20(22)29-23/h6,8,11-14,21,24,26H,1-5,7,9-10,25,27H2/b15-11+,26-12?,28-13?/t14?,21-,24-/m1/s1. The molecule has 1 saturated heterocycles. The third-order valence-electron chi connectivity index (χ3n) is 7.02. The van der Waals surface area contributed by atoms with Gasteiger partial charge in [-0.1, -0.05) is 0 Å². The predicted octanol–water partition coefficient (Wildman–Crippen LogP) is 3.63. The van der Waals surface area contributed by atoms with Crippen LogP contribution in [0.3, 0.4) is 0 Å². The minimum atomic E-state index is 0.216. The van der Waals surface area contributed by atoms with Crippen LogP contribution >= 0.6 is 0 Å². The lowest BCUT2D eigenvalue weighted by Crippen LogP contribution is -2.21. The third-order valence-corrected chi connectivity index (χ3v) is 7.02. The molecule has 1 aromatic carbocycles. The molecule has 6 nitrogen and oxygen atoms in total. The van der Waals surface area contributed by atoms with Crippen molar-refractivity contribution in [3.63, 3.8) is 0 Å². The molecule has 2 aliphatic carbocycles. The van der Waals surface area contributed by atoms with E-state index < -0.39 is 0 Å². The van der Waals surface area contributed by atoms with Gasteiger partial charge in [-0.15, -0.1) is 0 Å². The summed E-state index contributed by atoms with van der Waals surface area (Å²) < 4.78 is 5.93. The second-order valence-electron chi connectivity index (χ2n) is 8.66. The summed E-state index contributed by atoms with van der Waals surface area (Å²) in [7, 11) is 0. The van der Waals surface area contributed by atoms with Crippen LogP contribution in [0.1, 0.15) is 54.5 Å². The molecular formula is C24H29N5O. The molecule has 1 saturated carbocycles. The Hall–Kier alpha value is -2.73. The normalized spacial score (nSPS) is 26.3. The zero-order valence-corrected chi connectivity index (χ0v) is 17.2. The minimum Gasteiger partial charge on any atom is -0.404 e. The molecule has 30 heavy (non-hydrogen) atoms. The first-order chi connectivity index (χ1) is 14.7. The van der Waals surface area contributed by atoms with E-state index in [2.05, 4.69) is 0 Å². The van der Waals surface area contributed by atoms with Crippen LogP contribution in [-0.4, -0.2) is 36.2 Å². The molecule has 3 aliphatic rings. The van der Waals surface area contributed by atoms with Crippen molar-refractivity contribution < 1.29 is 4.74 Å². The van der Waals surface area contributed by atoms with Crippen molar-refractivity contribution in [2.75, 3.05) is 12.3 Å². The van der Waals surface area contributed by atoms with Gasteiger partial charge in [-0.25, -0.2) is 4.98 Å². The molecule has 5 N–H and O–H groups in total. The third kappa shape index (κ3) is 3.10. The smallest absolute Gasteiger partial charge is 0.0827 e. The summed E-state index contributed by atoms with van der Waals surface area (Å²) in [5.74, 6) is 0.661. The number of aromatic nitrogens is 1. The highest BCUT2D eigenvalue weighted by atomic mass is 16.5. The topological polar surface area (TPSA) is 110 Å². The number of hydrogen-bond acceptors (Lipinski definition) is 6.